The molecule has 1 N–H and O–H groups in total. The van der Waals surface area contributed by atoms with Crippen LogP contribution in [-0.2, 0) is 11.2 Å². The highest BCUT2D eigenvalue weighted by atomic mass is 16.3. The molecule has 0 radical (unpaired) electrons. The van der Waals surface area contributed by atoms with E-state index in [0.29, 0.717) is 23.6 Å². The molecule has 3 rings (SSSR count). The fourth-order valence-corrected chi connectivity index (χ4v) is 4.70. The van der Waals surface area contributed by atoms with Gasteiger partial charge in [0.2, 0.25) is 5.91 Å². The van der Waals surface area contributed by atoms with Crippen LogP contribution in [0.2, 0.25) is 0 Å². The van der Waals surface area contributed by atoms with Crippen LogP contribution in [0.15, 0.2) is 24.3 Å². The number of amides is 1. The first-order valence-corrected chi connectivity index (χ1v) is 11.6. The lowest BCUT2D eigenvalue weighted by atomic mass is 9.90. The predicted molar refractivity (Wildman–Crippen MR) is 118 cm³/mol. The summed E-state index contributed by atoms with van der Waals surface area (Å²) < 4.78 is 0. The second-order valence-electron chi connectivity index (χ2n) is 8.89. The minimum absolute atomic E-state index is 0.338. The van der Waals surface area contributed by atoms with Gasteiger partial charge in [-0.15, -0.1) is 0 Å². The maximum atomic E-state index is 12.5. The Morgan fingerprint density at radius 1 is 1.07 bits per heavy atom. The van der Waals surface area contributed by atoms with Gasteiger partial charge in [-0.1, -0.05) is 19.1 Å². The quantitative estimate of drug-likeness (QED) is 0.726. The summed E-state index contributed by atoms with van der Waals surface area (Å²) in [7, 11) is 0. The third-order valence-electron chi connectivity index (χ3n) is 7.00. The largest absolute Gasteiger partial charge is 0.508 e. The number of phenolic OH excluding ortho intramolecular Hbond substituents is 1. The van der Waals surface area contributed by atoms with Crippen molar-refractivity contribution in [2.45, 2.75) is 58.4 Å². The van der Waals surface area contributed by atoms with Crippen LogP contribution in [0.4, 0.5) is 0 Å². The lowest BCUT2D eigenvalue weighted by Crippen LogP contribution is -2.48. The summed E-state index contributed by atoms with van der Waals surface area (Å²) in [6.07, 6.45) is 6.44. The van der Waals surface area contributed by atoms with Gasteiger partial charge < -0.3 is 19.8 Å². The van der Waals surface area contributed by atoms with Crippen molar-refractivity contribution in [2.24, 2.45) is 5.92 Å². The number of carbonyl (C=O) groups is 1. The van der Waals surface area contributed by atoms with Gasteiger partial charge in [-0.25, -0.2) is 0 Å². The van der Waals surface area contributed by atoms with Crippen LogP contribution >= 0.6 is 0 Å². The zero-order valence-electron chi connectivity index (χ0n) is 18.4. The van der Waals surface area contributed by atoms with Crippen molar-refractivity contribution in [3.05, 3.63) is 29.8 Å². The van der Waals surface area contributed by atoms with E-state index in [0.717, 1.165) is 71.5 Å². The molecule has 0 saturated carbocycles. The van der Waals surface area contributed by atoms with E-state index in [1.54, 1.807) is 12.1 Å². The maximum absolute atomic E-state index is 12.5. The summed E-state index contributed by atoms with van der Waals surface area (Å²) in [4.78, 5) is 19.6. The summed E-state index contributed by atoms with van der Waals surface area (Å²) >= 11 is 0. The molecule has 5 nitrogen and oxygen atoms in total. The smallest absolute Gasteiger partial charge is 0.222 e. The van der Waals surface area contributed by atoms with Gasteiger partial charge in [0.1, 0.15) is 5.75 Å². The van der Waals surface area contributed by atoms with E-state index < -0.39 is 0 Å². The van der Waals surface area contributed by atoms with Crippen LogP contribution in [0.25, 0.3) is 0 Å². The molecule has 0 aliphatic carbocycles. The Labute approximate surface area is 176 Å². The van der Waals surface area contributed by atoms with Crippen LogP contribution in [0.1, 0.15) is 51.5 Å². The number of benzene rings is 1. The molecule has 1 aromatic rings. The number of hydrogen-bond acceptors (Lipinski definition) is 4. The molecule has 0 aromatic heterocycles. The van der Waals surface area contributed by atoms with E-state index in [-0.39, 0.29) is 0 Å². The molecule has 162 valence electrons. The molecule has 2 saturated heterocycles. The number of hydrogen-bond donors (Lipinski definition) is 1. The fourth-order valence-electron chi connectivity index (χ4n) is 4.70. The van der Waals surface area contributed by atoms with E-state index in [4.69, 9.17) is 0 Å². The van der Waals surface area contributed by atoms with Gasteiger partial charge >= 0.3 is 0 Å². The van der Waals surface area contributed by atoms with Crippen molar-refractivity contribution in [3.63, 3.8) is 0 Å². The van der Waals surface area contributed by atoms with Crippen molar-refractivity contribution < 1.29 is 9.90 Å². The van der Waals surface area contributed by atoms with Gasteiger partial charge in [0.25, 0.3) is 0 Å². The summed E-state index contributed by atoms with van der Waals surface area (Å²) in [6, 6.07) is 8.18. The molecule has 0 spiro atoms. The molecule has 1 aromatic carbocycles. The van der Waals surface area contributed by atoms with Gasteiger partial charge in [-0.05, 0) is 82.3 Å². The number of piperidine rings is 1. The summed E-state index contributed by atoms with van der Waals surface area (Å²) in [5.41, 5.74) is 1.29. The molecule has 2 aliphatic rings. The van der Waals surface area contributed by atoms with E-state index in [9.17, 15) is 9.90 Å². The standard InChI is InChI=1S/C24H39N3O2/c1-3-25-16-18-27(19-17-25)24(29)11-8-22-12-14-26(15-13-22)20(2)4-5-21-6-9-23(28)10-7-21/h6-7,9-10,20,22,28H,3-5,8,11-19H2,1-2H3. The average molecular weight is 402 g/mol. The van der Waals surface area contributed by atoms with Crippen molar-refractivity contribution in [3.8, 4) is 5.75 Å². The average Bonchev–Trinajstić information content (AvgIpc) is 2.77. The van der Waals surface area contributed by atoms with Crippen LogP contribution in [0.3, 0.4) is 0 Å². The molecular weight excluding hydrogens is 362 g/mol. The molecule has 1 amide bonds. The Morgan fingerprint density at radius 3 is 2.34 bits per heavy atom. The number of aromatic hydroxyl groups is 1. The minimum atomic E-state index is 0.338. The minimum Gasteiger partial charge on any atom is -0.508 e. The van der Waals surface area contributed by atoms with Crippen LogP contribution in [0.5, 0.6) is 5.75 Å². The third kappa shape index (κ3) is 6.71. The number of likely N-dealkylation sites (N-methyl/N-ethyl adjacent to an activating group) is 1. The van der Waals surface area contributed by atoms with Crippen molar-refractivity contribution in [1.29, 1.82) is 0 Å². The summed E-state index contributed by atoms with van der Waals surface area (Å²) in [6.45, 7) is 11.8. The number of piperazine rings is 1. The highest BCUT2D eigenvalue weighted by Crippen LogP contribution is 2.25. The van der Waals surface area contributed by atoms with Crippen LogP contribution in [-0.4, -0.2) is 77.6 Å². The SMILES string of the molecule is CCN1CCN(C(=O)CCC2CCN(C(C)CCc3ccc(O)cc3)CC2)CC1. The Hall–Kier alpha value is -1.59. The van der Waals surface area contributed by atoms with Gasteiger partial charge in [-0.3, -0.25) is 4.79 Å². The van der Waals surface area contributed by atoms with E-state index in [2.05, 4.69) is 28.5 Å². The summed E-state index contributed by atoms with van der Waals surface area (Å²) in [5, 5.41) is 9.40. The molecular formula is C24H39N3O2. The van der Waals surface area contributed by atoms with E-state index in [1.807, 2.05) is 12.1 Å². The highest BCUT2D eigenvalue weighted by Gasteiger charge is 2.25. The second kappa shape index (κ2) is 11.0. The van der Waals surface area contributed by atoms with E-state index >= 15 is 0 Å². The van der Waals surface area contributed by atoms with Crippen molar-refractivity contribution in [1.82, 2.24) is 14.7 Å². The Balaban J connectivity index is 1.31. The zero-order chi connectivity index (χ0) is 20.6. The number of phenols is 1. The van der Waals surface area contributed by atoms with Gasteiger partial charge in [-0.2, -0.15) is 0 Å². The van der Waals surface area contributed by atoms with Crippen LogP contribution in [0, 0.1) is 5.92 Å². The lowest BCUT2D eigenvalue weighted by molar-refractivity contribution is -0.133. The monoisotopic (exact) mass is 401 g/mol. The first-order chi connectivity index (χ1) is 14.0. The molecule has 2 aliphatic heterocycles. The molecule has 2 fully saturated rings. The number of nitrogens with zero attached hydrogens (tertiary/aromatic N) is 3. The molecule has 2 heterocycles. The molecule has 1 unspecified atom stereocenters. The van der Waals surface area contributed by atoms with Crippen LogP contribution < -0.4 is 0 Å². The Kier molecular flexibility index (Phi) is 8.37. The fraction of sp³-hybridized carbons (Fsp3) is 0.708. The number of likely N-dealkylation sites (tertiary alicyclic amines) is 1. The first-order valence-electron chi connectivity index (χ1n) is 11.6. The van der Waals surface area contributed by atoms with E-state index in [1.165, 1.54) is 18.4 Å². The predicted octanol–water partition coefficient (Wildman–Crippen LogP) is 3.37. The number of carbonyl (C=O) groups excluding carboxylic acids is 1. The Bertz CT molecular complexity index is 618. The van der Waals surface area contributed by atoms with Gasteiger partial charge in [0, 0.05) is 38.6 Å². The first kappa shape index (κ1) is 22.1. The van der Waals surface area contributed by atoms with Crippen molar-refractivity contribution in [2.75, 3.05) is 45.8 Å². The van der Waals surface area contributed by atoms with Crippen molar-refractivity contribution >= 4 is 5.91 Å². The molecule has 29 heavy (non-hydrogen) atoms. The molecule has 5 heteroatoms. The maximum Gasteiger partial charge on any atom is 0.222 e. The lowest BCUT2D eigenvalue weighted by Gasteiger charge is -2.37. The van der Waals surface area contributed by atoms with Gasteiger partial charge in [0.05, 0.1) is 0 Å². The summed E-state index contributed by atoms with van der Waals surface area (Å²) in [5.74, 6) is 1.41. The number of rotatable bonds is 8. The third-order valence-corrected chi connectivity index (χ3v) is 7.00. The molecule has 0 bridgehead atoms. The topological polar surface area (TPSA) is 47.0 Å². The number of aryl methyl sites for hydroxylation is 1. The second-order valence-corrected chi connectivity index (χ2v) is 8.89. The normalized spacial score (nSPS) is 20.7. The Morgan fingerprint density at radius 2 is 1.72 bits per heavy atom. The molecule has 1 atom stereocenters. The van der Waals surface area contributed by atoms with Gasteiger partial charge in [0.15, 0.2) is 0 Å². The highest BCUT2D eigenvalue weighted by molar-refractivity contribution is 5.76. The zero-order valence-corrected chi connectivity index (χ0v) is 18.4.